The van der Waals surface area contributed by atoms with Crippen molar-refractivity contribution in [3.05, 3.63) is 248 Å². The Morgan fingerprint density at radius 1 is 0.242 bits per heavy atom. The number of aromatic amines is 4. The third-order valence-electron chi connectivity index (χ3n) is 25.2. The first-order valence-corrected chi connectivity index (χ1v) is 42.5. The second kappa shape index (κ2) is 27.0. The highest BCUT2D eigenvalue weighted by Gasteiger charge is 2.33. The fourth-order valence-corrected chi connectivity index (χ4v) is 17.9. The van der Waals surface area contributed by atoms with Gasteiger partial charge < -0.3 is 19.9 Å². The third kappa shape index (κ3) is 13.6. The molecule has 0 fully saturated rings. The van der Waals surface area contributed by atoms with Gasteiger partial charge in [-0.2, -0.15) is 10.5 Å². The average molecular weight is 1570 g/mol. The molecule has 0 spiro atoms. The van der Waals surface area contributed by atoms with Crippen LogP contribution in [-0.2, 0) is 43.3 Å². The van der Waals surface area contributed by atoms with Gasteiger partial charge in [-0.05, 0) is 218 Å². The first-order valence-electron chi connectivity index (χ1n) is 42.5. The Morgan fingerprint density at radius 3 is 0.783 bits per heavy atom. The molecular weight excluding hydrogens is 1460 g/mol. The van der Waals surface area contributed by atoms with E-state index in [1.54, 1.807) is 0 Å². The number of hydrogen-bond acceptors (Lipinski definition) is 6. The first-order chi connectivity index (χ1) is 56.3. The van der Waals surface area contributed by atoms with E-state index in [0.29, 0.717) is 11.1 Å². The van der Waals surface area contributed by atoms with E-state index in [1.807, 2.05) is 36.4 Å². The van der Waals surface area contributed by atoms with Crippen molar-refractivity contribution in [1.82, 2.24) is 39.9 Å². The molecule has 0 saturated carbocycles. The largest absolute Gasteiger partial charge is 0.354 e. The highest BCUT2D eigenvalue weighted by Crippen LogP contribution is 2.51. The van der Waals surface area contributed by atoms with Crippen molar-refractivity contribution < 1.29 is 0 Å². The summed E-state index contributed by atoms with van der Waals surface area (Å²) in [5, 5.41) is 27.2. The van der Waals surface area contributed by atoms with Gasteiger partial charge in [-0.1, -0.05) is 263 Å². The van der Waals surface area contributed by atoms with Crippen LogP contribution in [0.4, 0.5) is 0 Å². The second-order valence-corrected chi connectivity index (χ2v) is 42.3. The number of rotatable bonds is 6. The summed E-state index contributed by atoms with van der Waals surface area (Å²) in [6.07, 6.45) is 8.76. The highest BCUT2D eigenvalue weighted by atomic mass is 14.8. The highest BCUT2D eigenvalue weighted by molar-refractivity contribution is 6.35. The number of H-pyrrole nitrogens is 4. The van der Waals surface area contributed by atoms with Crippen molar-refractivity contribution >= 4 is 123 Å². The van der Waals surface area contributed by atoms with E-state index < -0.39 is 0 Å². The molecule has 0 amide bonds. The lowest BCUT2D eigenvalue weighted by atomic mass is 9.78. The summed E-state index contributed by atoms with van der Waals surface area (Å²) in [6.45, 7) is 55.4. The molecule has 16 aromatic rings. The molecule has 0 saturated heterocycles. The molecule has 598 valence electrons. The van der Waals surface area contributed by atoms with Crippen molar-refractivity contribution in [3.63, 3.8) is 0 Å². The van der Waals surface area contributed by atoms with Crippen LogP contribution in [0.5, 0.6) is 0 Å². The Balaban J connectivity index is 1.19. The maximum atomic E-state index is 10.8. The van der Waals surface area contributed by atoms with Crippen LogP contribution in [0.2, 0.25) is 0 Å². The SMILES string of the molecule is CC(C)(C)c1cc(-c2c3cc4c5cc6nc5c5c7cc(c([nH]7)c(-c7cc(C(C)(C)C)cc(C(C)(C)C)c7)c7nc(c(-c8cccc(C#N)c8)c8ccc([nH]8)c6-c6cc(C(C)(C)C)cc(C(C)(C)C)c6)C=C7)c6cc([nH]c6c(-c6cc(C(C)(C)C)cc(C(C)(C)C)c6)c6nc(c(-c7cccc(C#N)c7)c7ccc2[nH]7)C=C6)c5c4n3)cc(C(C)(C)C)c1. The summed E-state index contributed by atoms with van der Waals surface area (Å²) in [5.41, 5.74) is 33.1. The first kappa shape index (κ1) is 78.7. The molecule has 0 aliphatic carbocycles. The van der Waals surface area contributed by atoms with Crippen LogP contribution in [-0.4, -0.2) is 39.9 Å². The normalized spacial score (nSPS) is 13.4. The van der Waals surface area contributed by atoms with Gasteiger partial charge in [0.15, 0.2) is 0 Å². The number of nitrogens with zero attached hydrogens (tertiary/aromatic N) is 6. The lowest BCUT2D eigenvalue weighted by Gasteiger charge is -2.26. The maximum absolute atomic E-state index is 10.8. The lowest BCUT2D eigenvalue weighted by molar-refractivity contribution is 0.568. The van der Waals surface area contributed by atoms with E-state index in [9.17, 15) is 10.5 Å². The second-order valence-electron chi connectivity index (χ2n) is 42.3. The quantitative estimate of drug-likeness (QED) is 0.130. The summed E-state index contributed by atoms with van der Waals surface area (Å²) in [7, 11) is 0. The van der Waals surface area contributed by atoms with Crippen LogP contribution in [0.3, 0.4) is 0 Å². The van der Waals surface area contributed by atoms with Gasteiger partial charge in [-0.15, -0.1) is 0 Å². The molecule has 120 heavy (non-hydrogen) atoms. The molecule has 8 aromatic carbocycles. The van der Waals surface area contributed by atoms with Gasteiger partial charge in [0.1, 0.15) is 0 Å². The molecular formula is C110H108N10. The lowest BCUT2D eigenvalue weighted by Crippen LogP contribution is -2.16. The zero-order valence-electron chi connectivity index (χ0n) is 74.2. The zero-order valence-corrected chi connectivity index (χ0v) is 74.2. The predicted octanol–water partition coefficient (Wildman–Crippen LogP) is 29.7. The van der Waals surface area contributed by atoms with Crippen LogP contribution in [0.25, 0.3) is 190 Å². The molecule has 18 rings (SSSR count). The molecule has 18 bridgehead atoms. The minimum Gasteiger partial charge on any atom is -0.354 e. The van der Waals surface area contributed by atoms with Gasteiger partial charge >= 0.3 is 0 Å². The van der Waals surface area contributed by atoms with Crippen LogP contribution in [0, 0.1) is 22.7 Å². The summed E-state index contributed by atoms with van der Waals surface area (Å²) in [5.74, 6) is 0. The fourth-order valence-electron chi connectivity index (χ4n) is 17.9. The van der Waals surface area contributed by atoms with E-state index in [4.69, 9.17) is 19.9 Å². The Morgan fingerprint density at radius 2 is 0.508 bits per heavy atom. The number of aromatic nitrogens is 8. The van der Waals surface area contributed by atoms with E-state index in [1.165, 1.54) is 44.5 Å². The molecule has 8 aromatic heterocycles. The number of benzene rings is 7. The van der Waals surface area contributed by atoms with Crippen LogP contribution in [0.15, 0.2) is 170 Å². The third-order valence-corrected chi connectivity index (χ3v) is 25.2. The molecule has 0 atom stereocenters. The van der Waals surface area contributed by atoms with Gasteiger partial charge in [0.05, 0.1) is 79.1 Å². The molecule has 2 aliphatic heterocycles. The molecule has 4 N–H and O–H groups in total. The van der Waals surface area contributed by atoms with Gasteiger partial charge in [0.25, 0.3) is 0 Å². The van der Waals surface area contributed by atoms with E-state index in [0.717, 1.165) is 188 Å². The minimum absolute atomic E-state index is 0.236. The summed E-state index contributed by atoms with van der Waals surface area (Å²) >= 11 is 0. The summed E-state index contributed by atoms with van der Waals surface area (Å²) in [6, 6.07) is 68.0. The summed E-state index contributed by atoms with van der Waals surface area (Å²) < 4.78 is 0. The number of nitrogens with one attached hydrogen (secondary N) is 4. The Labute approximate surface area is 705 Å². The van der Waals surface area contributed by atoms with Gasteiger partial charge in [0.2, 0.25) is 0 Å². The van der Waals surface area contributed by atoms with Gasteiger partial charge in [-0.25, -0.2) is 19.9 Å². The summed E-state index contributed by atoms with van der Waals surface area (Å²) in [4.78, 5) is 41.8. The average Bonchev–Trinajstić information content (AvgIpc) is 1.54. The van der Waals surface area contributed by atoms with Crippen molar-refractivity contribution in [2.75, 3.05) is 0 Å². The topological polar surface area (TPSA) is 162 Å². The Bertz CT molecular complexity index is 6850. The standard InChI is InChI=1S/C110H108N10/c1-103(2,3)67-41-63(42-68(49-67)104(4,5)6)93-83-33-31-79(113-83)91(61-29-25-27-59(39-61)57-111)81-35-37-85(115-81)95(65-45-71(107(13,14)15)51-72(46-65)108(16,17)18)99-75-55-89(119-99)97-98-90-56-76(75)100(120-90)96(66-47-73(109(19,20)21)52-74(48-66)110(22,23)24)86-38-36-82(116-86)92(62-30-26-28-60(40-62)58-112)80-32-34-84(114-80)94(64-43-69(105(7,8)9)50-70(44-64)106(10,11)12)88-54-78(102(98)118-88)77-53-87(93)117-101(77)97/h25-56,113-114,119-120H,1-24H3. The molecule has 2 aliphatic rings. The molecule has 10 heteroatoms. The van der Waals surface area contributed by atoms with Crippen molar-refractivity contribution in [2.45, 2.75) is 209 Å². The van der Waals surface area contributed by atoms with Gasteiger partial charge in [-0.3, -0.25) is 0 Å². The number of nitriles is 2. The number of fused-ring (bicyclic) bond motifs is 18. The zero-order chi connectivity index (χ0) is 85.1. The van der Waals surface area contributed by atoms with E-state index in [-0.39, 0.29) is 43.3 Å². The predicted molar refractivity (Wildman–Crippen MR) is 509 cm³/mol. The van der Waals surface area contributed by atoms with Crippen LogP contribution in [0.1, 0.15) is 245 Å². The smallest absolute Gasteiger partial charge is 0.0991 e. The Kier molecular flexibility index (Phi) is 17.7. The van der Waals surface area contributed by atoms with Gasteiger partial charge in [0, 0.05) is 98.8 Å². The van der Waals surface area contributed by atoms with E-state index in [2.05, 4.69) is 356 Å². The molecule has 10 heterocycles. The minimum atomic E-state index is -0.267. The molecule has 0 radical (unpaired) electrons. The number of hydrogen-bond donors (Lipinski definition) is 4. The molecule has 10 nitrogen and oxygen atoms in total. The van der Waals surface area contributed by atoms with Crippen LogP contribution >= 0.6 is 0 Å². The van der Waals surface area contributed by atoms with E-state index >= 15 is 0 Å². The Hall–Kier alpha value is -12.5. The molecule has 0 unspecified atom stereocenters. The monoisotopic (exact) mass is 1570 g/mol. The fraction of sp³-hybridized carbons (Fsp3) is 0.291. The van der Waals surface area contributed by atoms with Crippen molar-refractivity contribution in [1.29, 1.82) is 10.5 Å². The van der Waals surface area contributed by atoms with Crippen molar-refractivity contribution in [2.24, 2.45) is 0 Å². The van der Waals surface area contributed by atoms with Crippen molar-refractivity contribution in [3.8, 4) is 78.9 Å². The maximum Gasteiger partial charge on any atom is 0.0991 e. The van der Waals surface area contributed by atoms with Crippen LogP contribution < -0.4 is 0 Å².